The van der Waals surface area contributed by atoms with Crippen LogP contribution in [-0.2, 0) is 0 Å². The van der Waals surface area contributed by atoms with E-state index in [0.717, 1.165) is 6.42 Å². The number of nitrogens with zero attached hydrogens (tertiary/aromatic N) is 8. The van der Waals surface area contributed by atoms with E-state index in [4.69, 9.17) is 15.5 Å². The predicted molar refractivity (Wildman–Crippen MR) is 150 cm³/mol. The number of hydrogen-bond acceptors (Lipinski definition) is 10. The molecule has 0 radical (unpaired) electrons. The number of rotatable bonds is 5. The van der Waals surface area contributed by atoms with Crippen molar-refractivity contribution < 1.29 is 4.74 Å². The van der Waals surface area contributed by atoms with Gasteiger partial charge in [-0.2, -0.15) is 10.2 Å². The zero-order chi connectivity index (χ0) is 27.8. The van der Waals surface area contributed by atoms with E-state index >= 15 is 0 Å². The van der Waals surface area contributed by atoms with Gasteiger partial charge in [-0.05, 0) is 43.5 Å². The summed E-state index contributed by atoms with van der Waals surface area (Å²) in [7, 11) is 1.50. The van der Waals surface area contributed by atoms with Crippen molar-refractivity contribution in [1.29, 1.82) is 5.26 Å². The van der Waals surface area contributed by atoms with Crippen LogP contribution in [0.5, 0.6) is 6.01 Å². The van der Waals surface area contributed by atoms with Crippen molar-refractivity contribution in [3.05, 3.63) is 88.4 Å². The molecule has 4 heterocycles. The summed E-state index contributed by atoms with van der Waals surface area (Å²) in [5.74, 6) is 1.10. The highest BCUT2D eigenvalue weighted by Crippen LogP contribution is 2.38. The summed E-state index contributed by atoms with van der Waals surface area (Å²) < 4.78 is 6.76. The van der Waals surface area contributed by atoms with Gasteiger partial charge in [-0.15, -0.1) is 0 Å². The van der Waals surface area contributed by atoms with Gasteiger partial charge in [-0.1, -0.05) is 30.3 Å². The molecule has 0 amide bonds. The number of nitriles is 1. The molecule has 1 atom stereocenters. The monoisotopic (exact) mass is 531 g/mol. The Balaban J connectivity index is 1.61. The molecule has 11 nitrogen and oxygen atoms in total. The number of nitrogens with two attached hydrogens (primary N) is 1. The molecule has 1 fully saturated rings. The summed E-state index contributed by atoms with van der Waals surface area (Å²) in [5.41, 5.74) is 9.22. The van der Waals surface area contributed by atoms with E-state index in [1.807, 2.05) is 53.4 Å². The first-order valence-corrected chi connectivity index (χ1v) is 12.8. The van der Waals surface area contributed by atoms with Gasteiger partial charge < -0.3 is 15.4 Å². The summed E-state index contributed by atoms with van der Waals surface area (Å²) in [6.07, 6.45) is 4.80. The van der Waals surface area contributed by atoms with Gasteiger partial charge in [0, 0.05) is 24.5 Å². The van der Waals surface area contributed by atoms with Gasteiger partial charge >= 0.3 is 6.01 Å². The van der Waals surface area contributed by atoms with Crippen molar-refractivity contribution in [2.24, 2.45) is 0 Å². The molecule has 2 N–H and O–H groups in total. The van der Waals surface area contributed by atoms with E-state index in [1.165, 1.54) is 7.11 Å². The van der Waals surface area contributed by atoms with Gasteiger partial charge in [-0.3, -0.25) is 9.36 Å². The van der Waals surface area contributed by atoms with E-state index in [2.05, 4.69) is 26.0 Å². The SMILES string of the molecule is COc1ncc(-c2cccc3nc(C4CCCN4c4nc(N)nc(C)c4C#N)n(-c4ccccc4)c(=O)c23)cn1. The molecule has 1 aliphatic rings. The van der Waals surface area contributed by atoms with Gasteiger partial charge in [0.2, 0.25) is 5.95 Å². The van der Waals surface area contributed by atoms with Crippen LogP contribution >= 0.6 is 0 Å². The van der Waals surface area contributed by atoms with Gasteiger partial charge in [0.25, 0.3) is 5.56 Å². The molecule has 1 aliphatic heterocycles. The van der Waals surface area contributed by atoms with Crippen LogP contribution in [0.25, 0.3) is 27.7 Å². The average molecular weight is 532 g/mol. The molecule has 0 aliphatic carbocycles. The second-order valence-corrected chi connectivity index (χ2v) is 9.43. The van der Waals surface area contributed by atoms with Crippen molar-refractivity contribution in [3.8, 4) is 28.9 Å². The number of nitrogen functional groups attached to an aromatic ring is 1. The maximum absolute atomic E-state index is 14.4. The van der Waals surface area contributed by atoms with Crippen molar-refractivity contribution in [1.82, 2.24) is 29.5 Å². The number of aryl methyl sites for hydroxylation is 1. The number of hydrogen-bond donors (Lipinski definition) is 1. The maximum atomic E-state index is 14.4. The second kappa shape index (κ2) is 10.1. The molecular formula is C29H25N9O2. The molecular weight excluding hydrogens is 506 g/mol. The number of ether oxygens (including phenoxy) is 1. The number of fused-ring (bicyclic) bond motifs is 1. The lowest BCUT2D eigenvalue weighted by Crippen LogP contribution is -2.32. The molecule has 0 saturated carbocycles. The lowest BCUT2D eigenvalue weighted by Gasteiger charge is -2.28. The van der Waals surface area contributed by atoms with Crippen LogP contribution in [-0.4, -0.2) is 43.1 Å². The first kappa shape index (κ1) is 24.9. The van der Waals surface area contributed by atoms with Crippen LogP contribution in [0.3, 0.4) is 0 Å². The molecule has 5 aromatic rings. The Labute approximate surface area is 229 Å². The largest absolute Gasteiger partial charge is 0.467 e. The average Bonchev–Trinajstić information content (AvgIpc) is 3.47. The molecule has 0 bridgehead atoms. The van der Waals surface area contributed by atoms with Crippen LogP contribution in [0.4, 0.5) is 11.8 Å². The Kier molecular flexibility index (Phi) is 6.28. The molecule has 198 valence electrons. The Morgan fingerprint density at radius 3 is 2.55 bits per heavy atom. The van der Waals surface area contributed by atoms with Gasteiger partial charge in [0.15, 0.2) is 5.82 Å². The number of benzene rings is 2. The van der Waals surface area contributed by atoms with E-state index in [-0.39, 0.29) is 23.6 Å². The van der Waals surface area contributed by atoms with Crippen molar-refractivity contribution >= 4 is 22.7 Å². The van der Waals surface area contributed by atoms with Crippen LogP contribution < -0.4 is 20.9 Å². The van der Waals surface area contributed by atoms with E-state index < -0.39 is 0 Å². The van der Waals surface area contributed by atoms with Crippen molar-refractivity contribution in [3.63, 3.8) is 0 Å². The molecule has 11 heteroatoms. The van der Waals surface area contributed by atoms with Crippen LogP contribution in [0.15, 0.2) is 65.7 Å². The van der Waals surface area contributed by atoms with Gasteiger partial charge in [-0.25, -0.2) is 19.9 Å². The molecule has 2 aromatic carbocycles. The summed E-state index contributed by atoms with van der Waals surface area (Å²) in [6, 6.07) is 17.1. The Bertz CT molecular complexity index is 1830. The number of aromatic nitrogens is 6. The highest BCUT2D eigenvalue weighted by atomic mass is 16.5. The van der Waals surface area contributed by atoms with Crippen molar-refractivity contribution in [2.45, 2.75) is 25.8 Å². The standard InChI is InChI=1S/C29H25N9O2/c1-17-21(14-30)25(36-28(31)34-17)37-13-7-12-23(37)26-35-22-11-6-10-20(18-15-32-29(40-2)33-16-18)24(22)27(39)38(26)19-8-4-3-5-9-19/h3-6,8-11,15-16,23H,7,12-13H2,1-2H3,(H2,31,34,36). The highest BCUT2D eigenvalue weighted by molar-refractivity contribution is 5.94. The zero-order valence-electron chi connectivity index (χ0n) is 21.9. The lowest BCUT2D eigenvalue weighted by molar-refractivity contribution is 0.380. The fraction of sp³-hybridized carbons (Fsp3) is 0.207. The third-order valence-corrected chi connectivity index (χ3v) is 7.08. The minimum Gasteiger partial charge on any atom is -0.467 e. The number of methoxy groups -OCH3 is 1. The third-order valence-electron chi connectivity index (χ3n) is 7.08. The minimum atomic E-state index is -0.328. The minimum absolute atomic E-state index is 0.0930. The second-order valence-electron chi connectivity index (χ2n) is 9.43. The zero-order valence-corrected chi connectivity index (χ0v) is 21.9. The predicted octanol–water partition coefficient (Wildman–Crippen LogP) is 3.75. The van der Waals surface area contributed by atoms with Crippen LogP contribution in [0, 0.1) is 18.3 Å². The van der Waals surface area contributed by atoms with Crippen molar-refractivity contribution in [2.75, 3.05) is 24.3 Å². The Morgan fingerprint density at radius 1 is 1.05 bits per heavy atom. The van der Waals surface area contributed by atoms with Gasteiger partial charge in [0.05, 0.1) is 35.4 Å². The smallest absolute Gasteiger partial charge is 0.316 e. The van der Waals surface area contributed by atoms with E-state index in [1.54, 1.807) is 23.9 Å². The first-order valence-electron chi connectivity index (χ1n) is 12.8. The van der Waals surface area contributed by atoms with Crippen LogP contribution in [0.1, 0.15) is 36.0 Å². The quantitative estimate of drug-likeness (QED) is 0.355. The molecule has 6 rings (SSSR count). The summed E-state index contributed by atoms with van der Waals surface area (Å²) in [5, 5.41) is 10.4. The molecule has 40 heavy (non-hydrogen) atoms. The number of para-hydroxylation sites is 1. The Morgan fingerprint density at radius 2 is 1.82 bits per heavy atom. The molecule has 3 aromatic heterocycles. The van der Waals surface area contributed by atoms with E-state index in [0.29, 0.717) is 63.6 Å². The molecule has 0 spiro atoms. The lowest BCUT2D eigenvalue weighted by atomic mass is 10.0. The topological polar surface area (TPSA) is 149 Å². The van der Waals surface area contributed by atoms with Gasteiger partial charge in [0.1, 0.15) is 17.5 Å². The first-order chi connectivity index (χ1) is 19.5. The van der Waals surface area contributed by atoms with E-state index in [9.17, 15) is 10.1 Å². The highest BCUT2D eigenvalue weighted by Gasteiger charge is 2.34. The molecule has 1 saturated heterocycles. The summed E-state index contributed by atoms with van der Waals surface area (Å²) in [4.78, 5) is 38.6. The molecule has 1 unspecified atom stereocenters. The fourth-order valence-electron chi connectivity index (χ4n) is 5.31. The maximum Gasteiger partial charge on any atom is 0.316 e. The summed E-state index contributed by atoms with van der Waals surface area (Å²) in [6.45, 7) is 2.37. The summed E-state index contributed by atoms with van der Waals surface area (Å²) >= 11 is 0. The number of anilines is 2. The third kappa shape index (κ3) is 4.16. The normalized spacial score (nSPS) is 14.8. The Hall–Kier alpha value is -5.37. The fourth-order valence-corrected chi connectivity index (χ4v) is 5.31. The van der Waals surface area contributed by atoms with Crippen LogP contribution in [0.2, 0.25) is 0 Å².